The van der Waals surface area contributed by atoms with Crippen LogP contribution in [0, 0.1) is 8.34 Å². The maximum Gasteiger partial charge on any atom is 0.182 e. The molecular formula is C17H17IN2S. The van der Waals surface area contributed by atoms with Gasteiger partial charge in [0.15, 0.2) is 4.77 Å². The first kappa shape index (κ1) is 14.8. The second-order valence-electron chi connectivity index (χ2n) is 6.22. The van der Waals surface area contributed by atoms with E-state index in [1.54, 1.807) is 0 Å². The number of halogens is 1. The molecule has 1 N–H and O–H groups in total. The Hall–Kier alpha value is -1.14. The molecule has 0 saturated carbocycles. The summed E-state index contributed by atoms with van der Waals surface area (Å²) in [5.41, 5.74) is 4.78. The molecule has 3 rings (SSSR count). The first-order chi connectivity index (χ1) is 9.86. The predicted octanol–water partition coefficient (Wildman–Crippen LogP) is 5.59. The topological polar surface area (TPSA) is 20.7 Å². The highest BCUT2D eigenvalue weighted by Gasteiger charge is 2.14. The predicted molar refractivity (Wildman–Crippen MR) is 99.9 cm³/mol. The number of H-pyrrole nitrogens is 1. The third kappa shape index (κ3) is 2.79. The number of aromatic amines is 1. The van der Waals surface area contributed by atoms with E-state index in [1.807, 2.05) is 0 Å². The zero-order chi connectivity index (χ0) is 15.2. The molecule has 0 atom stereocenters. The Kier molecular flexibility index (Phi) is 3.69. The highest BCUT2D eigenvalue weighted by atomic mass is 127. The molecule has 1 aromatic heterocycles. The van der Waals surface area contributed by atoms with Gasteiger partial charge in [0.25, 0.3) is 0 Å². The van der Waals surface area contributed by atoms with Gasteiger partial charge in [0.2, 0.25) is 0 Å². The van der Waals surface area contributed by atoms with Gasteiger partial charge >= 0.3 is 0 Å². The van der Waals surface area contributed by atoms with Gasteiger partial charge in [0, 0.05) is 9.26 Å². The van der Waals surface area contributed by atoms with Crippen LogP contribution < -0.4 is 0 Å². The molecule has 21 heavy (non-hydrogen) atoms. The van der Waals surface area contributed by atoms with E-state index in [-0.39, 0.29) is 5.41 Å². The Bertz CT molecular complexity index is 851. The molecule has 0 aliphatic rings. The molecule has 4 heteroatoms. The Morgan fingerprint density at radius 3 is 2.33 bits per heavy atom. The monoisotopic (exact) mass is 408 g/mol. The number of hydrogen-bond donors (Lipinski definition) is 1. The summed E-state index contributed by atoms with van der Waals surface area (Å²) in [6.45, 7) is 6.67. The molecule has 0 amide bonds. The van der Waals surface area contributed by atoms with Crippen molar-refractivity contribution >= 4 is 45.8 Å². The quantitative estimate of drug-likeness (QED) is 0.411. The molecule has 0 unspecified atom stereocenters. The van der Waals surface area contributed by atoms with Crippen LogP contribution in [-0.4, -0.2) is 9.55 Å². The molecule has 0 spiro atoms. The zero-order valence-corrected chi connectivity index (χ0v) is 15.2. The summed E-state index contributed by atoms with van der Waals surface area (Å²) in [6, 6.07) is 15.0. The summed E-state index contributed by atoms with van der Waals surface area (Å²) < 4.78 is 4.02. The number of rotatable bonds is 1. The van der Waals surface area contributed by atoms with Crippen LogP contribution in [0.4, 0.5) is 0 Å². The van der Waals surface area contributed by atoms with Gasteiger partial charge < -0.3 is 4.98 Å². The van der Waals surface area contributed by atoms with E-state index in [0.29, 0.717) is 0 Å². The Balaban J connectivity index is 2.17. The molecule has 0 saturated heterocycles. The summed E-state index contributed by atoms with van der Waals surface area (Å²) in [7, 11) is 0. The fourth-order valence-electron chi connectivity index (χ4n) is 2.45. The smallest absolute Gasteiger partial charge is 0.182 e. The van der Waals surface area contributed by atoms with Crippen LogP contribution in [0.2, 0.25) is 0 Å². The van der Waals surface area contributed by atoms with Crippen LogP contribution in [0.3, 0.4) is 0 Å². The first-order valence-electron chi connectivity index (χ1n) is 6.87. The van der Waals surface area contributed by atoms with Gasteiger partial charge in [-0.15, -0.1) is 0 Å². The summed E-state index contributed by atoms with van der Waals surface area (Å²) in [6.07, 6.45) is 0. The maximum absolute atomic E-state index is 5.49. The van der Waals surface area contributed by atoms with Crippen molar-refractivity contribution in [2.24, 2.45) is 0 Å². The summed E-state index contributed by atoms with van der Waals surface area (Å²) in [5.74, 6) is 0. The van der Waals surface area contributed by atoms with E-state index in [0.717, 1.165) is 21.5 Å². The van der Waals surface area contributed by atoms with Gasteiger partial charge in [-0.3, -0.25) is 4.57 Å². The first-order valence-corrected chi connectivity index (χ1v) is 8.36. The minimum atomic E-state index is 0.163. The van der Waals surface area contributed by atoms with Crippen LogP contribution in [-0.2, 0) is 5.41 Å². The minimum Gasteiger partial charge on any atom is -0.330 e. The fraction of sp³-hybridized carbons (Fsp3) is 0.235. The number of nitrogens with one attached hydrogen (secondary N) is 1. The molecule has 0 bridgehead atoms. The Morgan fingerprint density at radius 1 is 1.05 bits per heavy atom. The molecule has 0 fully saturated rings. The molecule has 0 aliphatic heterocycles. The summed E-state index contributed by atoms with van der Waals surface area (Å²) in [5, 5.41) is 0. The van der Waals surface area contributed by atoms with E-state index in [1.165, 1.54) is 9.13 Å². The molecule has 108 valence electrons. The number of aromatic nitrogens is 2. The number of hydrogen-bond acceptors (Lipinski definition) is 1. The normalized spacial score (nSPS) is 12.0. The second kappa shape index (κ2) is 5.25. The molecule has 2 aromatic carbocycles. The lowest BCUT2D eigenvalue weighted by atomic mass is 9.87. The van der Waals surface area contributed by atoms with E-state index in [9.17, 15) is 0 Å². The largest absolute Gasteiger partial charge is 0.330 e. The van der Waals surface area contributed by atoms with Crippen molar-refractivity contribution < 1.29 is 0 Å². The van der Waals surface area contributed by atoms with Crippen molar-refractivity contribution in [3.63, 3.8) is 0 Å². The molecular weight excluding hydrogens is 391 g/mol. The van der Waals surface area contributed by atoms with Crippen molar-refractivity contribution in [1.82, 2.24) is 9.55 Å². The molecule has 0 radical (unpaired) electrons. The van der Waals surface area contributed by atoms with E-state index >= 15 is 0 Å². The Morgan fingerprint density at radius 2 is 1.71 bits per heavy atom. The number of benzene rings is 2. The lowest BCUT2D eigenvalue weighted by Crippen LogP contribution is -2.10. The molecule has 0 aliphatic carbocycles. The number of imidazole rings is 1. The lowest BCUT2D eigenvalue weighted by molar-refractivity contribution is 0.590. The van der Waals surface area contributed by atoms with Crippen molar-refractivity contribution in [3.05, 3.63) is 56.4 Å². The summed E-state index contributed by atoms with van der Waals surface area (Å²) in [4.78, 5) is 3.28. The van der Waals surface area contributed by atoms with Crippen molar-refractivity contribution in [3.8, 4) is 5.69 Å². The Labute approximate surface area is 143 Å². The van der Waals surface area contributed by atoms with Crippen LogP contribution in [0.15, 0.2) is 42.5 Å². The average Bonchev–Trinajstić information content (AvgIpc) is 2.73. The van der Waals surface area contributed by atoms with Gasteiger partial charge in [0.05, 0.1) is 11.0 Å². The van der Waals surface area contributed by atoms with Crippen molar-refractivity contribution in [1.29, 1.82) is 0 Å². The molecule has 2 nitrogen and oxygen atoms in total. The van der Waals surface area contributed by atoms with Crippen LogP contribution in [0.25, 0.3) is 16.7 Å². The second-order valence-corrected chi connectivity index (χ2v) is 7.86. The van der Waals surface area contributed by atoms with E-state index < -0.39 is 0 Å². The maximum atomic E-state index is 5.49. The van der Waals surface area contributed by atoms with Crippen LogP contribution in [0.1, 0.15) is 26.3 Å². The standard InChI is InChI=1S/C17H17IN2S/c1-17(2,3)11-4-7-13(8-5-11)20-15-9-6-12(18)10-14(15)19-16(20)21/h4-10H,1-3H3,(H,19,21). The SMILES string of the molecule is CC(C)(C)c1ccc(-n2c(=S)[nH]c3cc(I)ccc32)cc1. The van der Waals surface area contributed by atoms with Crippen molar-refractivity contribution in [2.75, 3.05) is 0 Å². The fourth-order valence-corrected chi connectivity index (χ4v) is 3.26. The number of fused-ring (bicyclic) bond motifs is 1. The third-order valence-electron chi connectivity index (χ3n) is 3.64. The van der Waals surface area contributed by atoms with E-state index in [2.05, 4.69) is 95.4 Å². The highest BCUT2D eigenvalue weighted by Crippen LogP contribution is 2.25. The van der Waals surface area contributed by atoms with Crippen LogP contribution in [0.5, 0.6) is 0 Å². The molecule has 3 aromatic rings. The highest BCUT2D eigenvalue weighted by molar-refractivity contribution is 14.1. The average molecular weight is 408 g/mol. The van der Waals surface area contributed by atoms with Crippen LogP contribution >= 0.6 is 34.8 Å². The third-order valence-corrected chi connectivity index (χ3v) is 4.59. The molecule has 1 heterocycles. The minimum absolute atomic E-state index is 0.163. The van der Waals surface area contributed by atoms with E-state index in [4.69, 9.17) is 12.2 Å². The van der Waals surface area contributed by atoms with Gasteiger partial charge in [-0.25, -0.2) is 0 Å². The summed E-state index contributed by atoms with van der Waals surface area (Å²) >= 11 is 7.80. The lowest BCUT2D eigenvalue weighted by Gasteiger charge is -2.19. The zero-order valence-electron chi connectivity index (χ0n) is 12.3. The van der Waals surface area contributed by atoms with Gasteiger partial charge in [-0.1, -0.05) is 32.9 Å². The van der Waals surface area contributed by atoms with Gasteiger partial charge in [0.1, 0.15) is 0 Å². The van der Waals surface area contributed by atoms with Crippen molar-refractivity contribution in [2.45, 2.75) is 26.2 Å². The van der Waals surface area contributed by atoms with Gasteiger partial charge in [-0.2, -0.15) is 0 Å². The van der Waals surface area contributed by atoms with Gasteiger partial charge in [-0.05, 0) is 76.1 Å². The number of nitrogens with zero attached hydrogens (tertiary/aromatic N) is 1.